The molecule has 1 unspecified atom stereocenters. The highest BCUT2D eigenvalue weighted by Gasteiger charge is 2.08. The van der Waals surface area contributed by atoms with E-state index in [1.165, 1.54) is 0 Å². The second-order valence-electron chi connectivity index (χ2n) is 5.94. The highest BCUT2D eigenvalue weighted by Crippen LogP contribution is 2.21. The molecule has 0 radical (unpaired) electrons. The number of aromatic nitrogens is 1. The van der Waals surface area contributed by atoms with E-state index in [4.69, 9.17) is 0 Å². The lowest BCUT2D eigenvalue weighted by Gasteiger charge is -2.13. The fourth-order valence-electron chi connectivity index (χ4n) is 2.41. The lowest BCUT2D eigenvalue weighted by molar-refractivity contribution is -0.116. The fraction of sp³-hybridized carbons (Fsp3) is 0.389. The van der Waals surface area contributed by atoms with Crippen LogP contribution in [-0.2, 0) is 11.8 Å². The molecule has 0 aliphatic rings. The van der Waals surface area contributed by atoms with Crippen molar-refractivity contribution in [3.63, 3.8) is 0 Å². The van der Waals surface area contributed by atoms with Gasteiger partial charge in [-0.25, -0.2) is 0 Å². The van der Waals surface area contributed by atoms with Gasteiger partial charge in [0.15, 0.2) is 0 Å². The molecule has 2 rings (SSSR count). The van der Waals surface area contributed by atoms with E-state index in [0.717, 1.165) is 16.5 Å². The van der Waals surface area contributed by atoms with Gasteiger partial charge in [0.05, 0.1) is 6.10 Å². The van der Waals surface area contributed by atoms with Crippen LogP contribution in [0.4, 0.5) is 0 Å². The van der Waals surface area contributed by atoms with Crippen LogP contribution >= 0.6 is 0 Å². The molecule has 1 atom stereocenters. The fourth-order valence-corrected chi connectivity index (χ4v) is 2.41. The van der Waals surface area contributed by atoms with Crippen LogP contribution in [0.5, 0.6) is 0 Å². The second kappa shape index (κ2) is 7.27. The van der Waals surface area contributed by atoms with Crippen LogP contribution in [0.15, 0.2) is 36.5 Å². The van der Waals surface area contributed by atoms with Crippen molar-refractivity contribution < 1.29 is 9.90 Å². The summed E-state index contributed by atoms with van der Waals surface area (Å²) in [6.07, 6.45) is 5.59. The molecule has 4 heteroatoms. The Kier molecular flexibility index (Phi) is 5.39. The van der Waals surface area contributed by atoms with Gasteiger partial charge in [-0.3, -0.25) is 4.79 Å². The van der Waals surface area contributed by atoms with Gasteiger partial charge < -0.3 is 15.0 Å². The van der Waals surface area contributed by atoms with Crippen molar-refractivity contribution in [1.82, 2.24) is 9.88 Å². The van der Waals surface area contributed by atoms with Gasteiger partial charge in [-0.2, -0.15) is 0 Å². The van der Waals surface area contributed by atoms with E-state index in [1.807, 2.05) is 55.9 Å². The summed E-state index contributed by atoms with van der Waals surface area (Å²) in [5.74, 6) is 0.0759. The molecule has 1 heterocycles. The SMILES string of the molecule is CC(C)C(O)CCNC(=O)C=Cc1cn(C)c2ccccc12. The molecule has 0 bridgehead atoms. The summed E-state index contributed by atoms with van der Waals surface area (Å²) >= 11 is 0. The number of carbonyl (C=O) groups excluding carboxylic acids is 1. The third kappa shape index (κ3) is 3.98. The van der Waals surface area contributed by atoms with Crippen LogP contribution in [0, 0.1) is 5.92 Å². The average molecular weight is 300 g/mol. The molecular formula is C18H24N2O2. The number of hydrogen-bond donors (Lipinski definition) is 2. The third-order valence-electron chi connectivity index (χ3n) is 3.85. The number of aliphatic hydroxyl groups is 1. The number of para-hydroxylation sites is 1. The minimum absolute atomic E-state index is 0.135. The molecule has 0 fully saturated rings. The number of amides is 1. The standard InChI is InChI=1S/C18H24N2O2/c1-13(2)17(21)10-11-19-18(22)9-8-14-12-20(3)16-7-5-4-6-15(14)16/h4-9,12-13,17,21H,10-11H2,1-3H3,(H,19,22). The van der Waals surface area contributed by atoms with E-state index in [1.54, 1.807) is 6.08 Å². The second-order valence-corrected chi connectivity index (χ2v) is 5.94. The molecule has 4 nitrogen and oxygen atoms in total. The highest BCUT2D eigenvalue weighted by atomic mass is 16.3. The normalized spacial score (nSPS) is 13.1. The quantitative estimate of drug-likeness (QED) is 0.806. The lowest BCUT2D eigenvalue weighted by Crippen LogP contribution is -2.27. The van der Waals surface area contributed by atoms with Gasteiger partial charge in [-0.05, 0) is 24.5 Å². The van der Waals surface area contributed by atoms with Crippen LogP contribution in [0.1, 0.15) is 25.8 Å². The number of aliphatic hydroxyl groups excluding tert-OH is 1. The predicted molar refractivity (Wildman–Crippen MR) is 90.4 cm³/mol. The van der Waals surface area contributed by atoms with Crippen LogP contribution in [0.2, 0.25) is 0 Å². The minimum Gasteiger partial charge on any atom is -0.393 e. The zero-order valence-corrected chi connectivity index (χ0v) is 13.4. The Bertz CT molecular complexity index is 671. The Labute approximate surface area is 131 Å². The first-order valence-electron chi connectivity index (χ1n) is 7.67. The maximum atomic E-state index is 11.8. The first kappa shape index (κ1) is 16.3. The zero-order chi connectivity index (χ0) is 16.1. The van der Waals surface area contributed by atoms with Crippen LogP contribution < -0.4 is 5.32 Å². The molecule has 1 aromatic carbocycles. The van der Waals surface area contributed by atoms with Gasteiger partial charge in [0, 0.05) is 42.3 Å². The molecule has 118 valence electrons. The molecule has 0 saturated carbocycles. The van der Waals surface area contributed by atoms with Crippen LogP contribution in [-0.4, -0.2) is 28.2 Å². The summed E-state index contributed by atoms with van der Waals surface area (Å²) in [5.41, 5.74) is 2.16. The molecule has 0 aliphatic carbocycles. The van der Waals surface area contributed by atoms with Crippen molar-refractivity contribution in [2.24, 2.45) is 13.0 Å². The van der Waals surface area contributed by atoms with Gasteiger partial charge >= 0.3 is 0 Å². The van der Waals surface area contributed by atoms with Gasteiger partial charge in [0.2, 0.25) is 5.91 Å². The predicted octanol–water partition coefficient (Wildman–Crippen LogP) is 2.71. The number of hydrogen-bond acceptors (Lipinski definition) is 2. The number of rotatable bonds is 6. The number of nitrogens with one attached hydrogen (secondary N) is 1. The van der Waals surface area contributed by atoms with Crippen molar-refractivity contribution in [2.45, 2.75) is 26.4 Å². The summed E-state index contributed by atoms with van der Waals surface area (Å²) < 4.78 is 2.05. The summed E-state index contributed by atoms with van der Waals surface area (Å²) in [7, 11) is 1.99. The number of fused-ring (bicyclic) bond motifs is 1. The first-order valence-corrected chi connectivity index (χ1v) is 7.67. The number of nitrogens with zero attached hydrogens (tertiary/aromatic N) is 1. The Morgan fingerprint density at radius 2 is 2.09 bits per heavy atom. The monoisotopic (exact) mass is 300 g/mol. The summed E-state index contributed by atoms with van der Waals surface area (Å²) in [6, 6.07) is 8.10. The van der Waals surface area contributed by atoms with Crippen molar-refractivity contribution in [2.75, 3.05) is 6.54 Å². The summed E-state index contributed by atoms with van der Waals surface area (Å²) in [6.45, 7) is 4.41. The van der Waals surface area contributed by atoms with E-state index in [0.29, 0.717) is 13.0 Å². The molecule has 0 spiro atoms. The highest BCUT2D eigenvalue weighted by molar-refractivity contribution is 5.96. The molecule has 0 saturated heterocycles. The lowest BCUT2D eigenvalue weighted by atomic mass is 10.0. The van der Waals surface area contributed by atoms with Gasteiger partial charge in [-0.15, -0.1) is 0 Å². The van der Waals surface area contributed by atoms with Crippen molar-refractivity contribution in [1.29, 1.82) is 0 Å². The van der Waals surface area contributed by atoms with E-state index in [-0.39, 0.29) is 17.9 Å². The molecule has 22 heavy (non-hydrogen) atoms. The zero-order valence-electron chi connectivity index (χ0n) is 13.4. The van der Waals surface area contributed by atoms with Crippen molar-refractivity contribution >= 4 is 22.9 Å². The Morgan fingerprint density at radius 1 is 1.36 bits per heavy atom. The summed E-state index contributed by atoms with van der Waals surface area (Å²) in [5, 5.41) is 13.6. The van der Waals surface area contributed by atoms with Crippen LogP contribution in [0.3, 0.4) is 0 Å². The number of carbonyl (C=O) groups is 1. The summed E-state index contributed by atoms with van der Waals surface area (Å²) in [4.78, 5) is 11.8. The van der Waals surface area contributed by atoms with Crippen molar-refractivity contribution in [3.05, 3.63) is 42.1 Å². The smallest absolute Gasteiger partial charge is 0.244 e. The maximum absolute atomic E-state index is 11.8. The Hall–Kier alpha value is -2.07. The third-order valence-corrected chi connectivity index (χ3v) is 3.85. The molecule has 2 aromatic rings. The Morgan fingerprint density at radius 3 is 2.82 bits per heavy atom. The van der Waals surface area contributed by atoms with Crippen LogP contribution in [0.25, 0.3) is 17.0 Å². The topological polar surface area (TPSA) is 54.3 Å². The molecule has 0 aliphatic heterocycles. The van der Waals surface area contributed by atoms with Gasteiger partial charge in [0.25, 0.3) is 0 Å². The van der Waals surface area contributed by atoms with Gasteiger partial charge in [-0.1, -0.05) is 32.0 Å². The minimum atomic E-state index is -0.373. The van der Waals surface area contributed by atoms with E-state index >= 15 is 0 Å². The maximum Gasteiger partial charge on any atom is 0.244 e. The van der Waals surface area contributed by atoms with E-state index in [9.17, 15) is 9.90 Å². The molecular weight excluding hydrogens is 276 g/mol. The largest absolute Gasteiger partial charge is 0.393 e. The average Bonchev–Trinajstić information content (AvgIpc) is 2.82. The van der Waals surface area contributed by atoms with Gasteiger partial charge in [0.1, 0.15) is 0 Å². The first-order chi connectivity index (χ1) is 10.5. The Balaban J connectivity index is 1.94. The van der Waals surface area contributed by atoms with E-state index in [2.05, 4.69) is 11.4 Å². The van der Waals surface area contributed by atoms with Crippen molar-refractivity contribution in [3.8, 4) is 0 Å². The molecule has 1 amide bonds. The number of benzene rings is 1. The molecule has 2 N–H and O–H groups in total. The van der Waals surface area contributed by atoms with E-state index < -0.39 is 0 Å². The number of aryl methyl sites for hydroxylation is 1. The molecule has 1 aromatic heterocycles.